The maximum Gasteiger partial charge on any atom is 0.391 e. The minimum absolute atomic E-state index is 0.0743. The van der Waals surface area contributed by atoms with Crippen LogP contribution in [0.3, 0.4) is 0 Å². The van der Waals surface area contributed by atoms with E-state index in [4.69, 9.17) is 5.11 Å². The molecule has 1 aliphatic carbocycles. The Bertz CT molecular complexity index is 434. The van der Waals surface area contributed by atoms with E-state index >= 15 is 0 Å². The van der Waals surface area contributed by atoms with Crippen molar-refractivity contribution >= 4 is 12.0 Å². The first kappa shape index (κ1) is 17.9. The van der Waals surface area contributed by atoms with Crippen LogP contribution in [-0.4, -0.2) is 47.8 Å². The Kier molecular flexibility index (Phi) is 5.75. The Labute approximate surface area is 133 Å². The number of carboxylic acids is 1. The molecule has 0 bridgehead atoms. The van der Waals surface area contributed by atoms with Gasteiger partial charge < -0.3 is 15.3 Å². The average molecular weight is 336 g/mol. The van der Waals surface area contributed by atoms with Gasteiger partial charge in [0.2, 0.25) is 0 Å². The molecule has 1 aliphatic heterocycles. The standard InChI is InChI=1S/C15H23F3N2O3/c16-15(17,18)12-3-1-2-10(8-12)9-19-14(23)20-6-4-11(5-7-20)13(21)22/h10-12H,1-9H2,(H,19,23)(H,21,22). The zero-order chi connectivity index (χ0) is 17.0. The fraction of sp³-hybridized carbons (Fsp3) is 0.867. The zero-order valence-electron chi connectivity index (χ0n) is 12.9. The number of amides is 2. The van der Waals surface area contributed by atoms with Gasteiger partial charge in [-0.05, 0) is 38.0 Å². The van der Waals surface area contributed by atoms with E-state index in [1.54, 1.807) is 4.90 Å². The predicted octanol–water partition coefficient (Wildman–Crippen LogP) is 2.86. The van der Waals surface area contributed by atoms with Gasteiger partial charge in [0.1, 0.15) is 0 Å². The normalized spacial score (nSPS) is 26.8. The molecule has 1 saturated heterocycles. The van der Waals surface area contributed by atoms with Crippen LogP contribution in [0.25, 0.3) is 0 Å². The van der Waals surface area contributed by atoms with Crippen molar-refractivity contribution in [2.24, 2.45) is 17.8 Å². The van der Waals surface area contributed by atoms with Gasteiger partial charge in [0, 0.05) is 19.6 Å². The number of nitrogens with zero attached hydrogens (tertiary/aromatic N) is 1. The number of carboxylic acid groups (broad SMARTS) is 1. The number of alkyl halides is 3. The molecule has 1 heterocycles. The van der Waals surface area contributed by atoms with Gasteiger partial charge in [-0.25, -0.2) is 4.79 Å². The van der Waals surface area contributed by atoms with E-state index in [0.29, 0.717) is 38.8 Å². The van der Waals surface area contributed by atoms with E-state index in [1.807, 2.05) is 0 Å². The smallest absolute Gasteiger partial charge is 0.391 e. The van der Waals surface area contributed by atoms with Crippen molar-refractivity contribution in [3.63, 3.8) is 0 Å². The van der Waals surface area contributed by atoms with Gasteiger partial charge in [0.15, 0.2) is 0 Å². The second-order valence-corrected chi connectivity index (χ2v) is 6.56. The first-order valence-electron chi connectivity index (χ1n) is 8.09. The van der Waals surface area contributed by atoms with E-state index in [9.17, 15) is 22.8 Å². The van der Waals surface area contributed by atoms with Crippen molar-refractivity contribution in [3.8, 4) is 0 Å². The number of carbonyl (C=O) groups excluding carboxylic acids is 1. The van der Waals surface area contributed by atoms with Gasteiger partial charge in [0.25, 0.3) is 0 Å². The average Bonchev–Trinajstić information content (AvgIpc) is 2.52. The minimum Gasteiger partial charge on any atom is -0.481 e. The van der Waals surface area contributed by atoms with Crippen LogP contribution in [0.4, 0.5) is 18.0 Å². The van der Waals surface area contributed by atoms with Crippen molar-refractivity contribution in [2.75, 3.05) is 19.6 Å². The van der Waals surface area contributed by atoms with Gasteiger partial charge >= 0.3 is 18.2 Å². The third-order valence-electron chi connectivity index (χ3n) is 4.92. The lowest BCUT2D eigenvalue weighted by atomic mass is 9.81. The Balaban J connectivity index is 1.73. The number of aliphatic carboxylic acids is 1. The molecule has 2 N–H and O–H groups in total. The second-order valence-electron chi connectivity index (χ2n) is 6.56. The molecule has 0 aromatic carbocycles. The van der Waals surface area contributed by atoms with Crippen LogP contribution in [0, 0.1) is 17.8 Å². The molecular formula is C15H23F3N2O3. The molecule has 132 valence electrons. The summed E-state index contributed by atoms with van der Waals surface area (Å²) >= 11 is 0. The van der Waals surface area contributed by atoms with Gasteiger partial charge in [-0.1, -0.05) is 6.42 Å². The third kappa shape index (κ3) is 5.00. The number of rotatable bonds is 3. The molecule has 2 aliphatic rings. The summed E-state index contributed by atoms with van der Waals surface area (Å²) in [6.45, 7) is 1.00. The Morgan fingerprint density at radius 1 is 1.13 bits per heavy atom. The highest BCUT2D eigenvalue weighted by Crippen LogP contribution is 2.39. The molecule has 2 amide bonds. The van der Waals surface area contributed by atoms with E-state index < -0.39 is 24.0 Å². The SMILES string of the molecule is O=C(O)C1CCN(C(=O)NCC2CCCC(C(F)(F)F)C2)CC1. The molecule has 23 heavy (non-hydrogen) atoms. The van der Waals surface area contributed by atoms with Crippen LogP contribution in [0.2, 0.25) is 0 Å². The number of piperidine rings is 1. The molecule has 2 rings (SSSR count). The van der Waals surface area contributed by atoms with Crippen molar-refractivity contribution in [3.05, 3.63) is 0 Å². The molecule has 0 radical (unpaired) electrons. The van der Waals surface area contributed by atoms with Crippen LogP contribution < -0.4 is 5.32 Å². The summed E-state index contributed by atoms with van der Waals surface area (Å²) in [5, 5.41) is 11.6. The summed E-state index contributed by atoms with van der Waals surface area (Å²) in [4.78, 5) is 24.4. The highest BCUT2D eigenvalue weighted by atomic mass is 19.4. The molecule has 1 saturated carbocycles. The van der Waals surface area contributed by atoms with Crippen LogP contribution in [0.1, 0.15) is 38.5 Å². The first-order chi connectivity index (χ1) is 10.8. The van der Waals surface area contributed by atoms with Crippen molar-refractivity contribution < 1.29 is 27.9 Å². The van der Waals surface area contributed by atoms with Crippen molar-refractivity contribution in [1.29, 1.82) is 0 Å². The fourth-order valence-corrected chi connectivity index (χ4v) is 3.45. The van der Waals surface area contributed by atoms with Gasteiger partial charge in [-0.3, -0.25) is 4.79 Å². The molecule has 0 aromatic rings. The number of hydrogen-bond donors (Lipinski definition) is 2. The van der Waals surface area contributed by atoms with Crippen molar-refractivity contribution in [1.82, 2.24) is 10.2 Å². The molecule has 8 heteroatoms. The molecule has 0 spiro atoms. The van der Waals surface area contributed by atoms with Gasteiger partial charge in [-0.15, -0.1) is 0 Å². The third-order valence-corrected chi connectivity index (χ3v) is 4.92. The monoisotopic (exact) mass is 336 g/mol. The lowest BCUT2D eigenvalue weighted by molar-refractivity contribution is -0.185. The molecule has 2 unspecified atom stereocenters. The Hall–Kier alpha value is -1.47. The summed E-state index contributed by atoms with van der Waals surface area (Å²) in [6.07, 6.45) is -1.82. The first-order valence-corrected chi connectivity index (χ1v) is 8.09. The minimum atomic E-state index is -4.15. The van der Waals surface area contributed by atoms with Crippen LogP contribution in [0.15, 0.2) is 0 Å². The summed E-state index contributed by atoms with van der Waals surface area (Å²) in [5.41, 5.74) is 0. The molecule has 0 aromatic heterocycles. The Morgan fingerprint density at radius 3 is 2.35 bits per heavy atom. The van der Waals surface area contributed by atoms with Crippen LogP contribution >= 0.6 is 0 Å². The number of urea groups is 1. The van der Waals surface area contributed by atoms with Gasteiger partial charge in [0.05, 0.1) is 11.8 Å². The number of likely N-dealkylation sites (tertiary alicyclic amines) is 1. The number of carbonyl (C=O) groups is 2. The van der Waals surface area contributed by atoms with E-state index in [1.165, 1.54) is 0 Å². The maximum absolute atomic E-state index is 12.8. The van der Waals surface area contributed by atoms with E-state index in [0.717, 1.165) is 0 Å². The quantitative estimate of drug-likeness (QED) is 0.833. The lowest BCUT2D eigenvalue weighted by Crippen LogP contribution is -2.47. The molecular weight excluding hydrogens is 313 g/mol. The molecule has 2 atom stereocenters. The molecule has 2 fully saturated rings. The van der Waals surface area contributed by atoms with E-state index in [2.05, 4.69) is 5.32 Å². The predicted molar refractivity (Wildman–Crippen MR) is 76.8 cm³/mol. The number of nitrogens with one attached hydrogen (secondary N) is 1. The number of hydrogen-bond acceptors (Lipinski definition) is 2. The van der Waals surface area contributed by atoms with Gasteiger partial charge in [-0.2, -0.15) is 13.2 Å². The topological polar surface area (TPSA) is 69.6 Å². The van der Waals surface area contributed by atoms with E-state index in [-0.39, 0.29) is 31.3 Å². The largest absolute Gasteiger partial charge is 0.481 e. The number of halogens is 3. The summed E-state index contributed by atoms with van der Waals surface area (Å²) in [7, 11) is 0. The van der Waals surface area contributed by atoms with Crippen molar-refractivity contribution in [2.45, 2.75) is 44.7 Å². The highest BCUT2D eigenvalue weighted by molar-refractivity contribution is 5.75. The summed E-state index contributed by atoms with van der Waals surface area (Å²) in [5.74, 6) is -2.66. The molecule has 5 nitrogen and oxygen atoms in total. The fourth-order valence-electron chi connectivity index (χ4n) is 3.45. The second kappa shape index (κ2) is 7.40. The highest BCUT2D eigenvalue weighted by Gasteiger charge is 2.42. The zero-order valence-corrected chi connectivity index (χ0v) is 12.9. The summed E-state index contributed by atoms with van der Waals surface area (Å²) in [6, 6.07) is -0.303. The summed E-state index contributed by atoms with van der Waals surface area (Å²) < 4.78 is 38.3. The lowest BCUT2D eigenvalue weighted by Gasteiger charge is -2.33. The Morgan fingerprint density at radius 2 is 1.78 bits per heavy atom. The van der Waals surface area contributed by atoms with Crippen LogP contribution in [-0.2, 0) is 4.79 Å². The maximum atomic E-state index is 12.8. The van der Waals surface area contributed by atoms with Crippen LogP contribution in [0.5, 0.6) is 0 Å².